The molecule has 0 rings (SSSR count). The van der Waals surface area contributed by atoms with Gasteiger partial charge < -0.3 is 4.74 Å². The number of hydrogen-bond donors (Lipinski definition) is 0. The molecule has 0 bridgehead atoms. The SMILES string of the molecule is C=C(C)CC/C=C(\C)CC/C=C(\C)CCOC(C)(C)C. The fraction of sp³-hybridized carbons (Fsp3) is 0.684. The van der Waals surface area contributed by atoms with E-state index in [1.807, 2.05) is 0 Å². The topological polar surface area (TPSA) is 9.23 Å². The van der Waals surface area contributed by atoms with Gasteiger partial charge in [0.25, 0.3) is 0 Å². The fourth-order valence-electron chi connectivity index (χ4n) is 1.83. The first-order valence-electron chi connectivity index (χ1n) is 7.80. The summed E-state index contributed by atoms with van der Waals surface area (Å²) >= 11 is 0. The maximum absolute atomic E-state index is 5.74. The average molecular weight is 278 g/mol. The van der Waals surface area contributed by atoms with Gasteiger partial charge in [-0.1, -0.05) is 28.9 Å². The van der Waals surface area contributed by atoms with Gasteiger partial charge in [0.05, 0.1) is 12.2 Å². The van der Waals surface area contributed by atoms with Crippen molar-refractivity contribution in [3.05, 3.63) is 35.5 Å². The highest BCUT2D eigenvalue weighted by Gasteiger charge is 2.08. The predicted molar refractivity (Wildman–Crippen MR) is 91.1 cm³/mol. The van der Waals surface area contributed by atoms with E-state index < -0.39 is 0 Å². The molecule has 0 N–H and O–H groups in total. The second-order valence-electron chi connectivity index (χ2n) is 6.85. The van der Waals surface area contributed by atoms with E-state index in [2.05, 4.69) is 60.3 Å². The smallest absolute Gasteiger partial charge is 0.0598 e. The Hall–Kier alpha value is -0.820. The molecule has 0 aromatic carbocycles. The lowest BCUT2D eigenvalue weighted by molar-refractivity contribution is -0.000961. The van der Waals surface area contributed by atoms with Gasteiger partial charge in [-0.3, -0.25) is 0 Å². The van der Waals surface area contributed by atoms with Crippen molar-refractivity contribution in [2.45, 2.75) is 79.2 Å². The highest BCUT2D eigenvalue weighted by atomic mass is 16.5. The lowest BCUT2D eigenvalue weighted by Gasteiger charge is -2.19. The van der Waals surface area contributed by atoms with Gasteiger partial charge in [0.15, 0.2) is 0 Å². The molecule has 0 aliphatic heterocycles. The zero-order valence-electron chi connectivity index (χ0n) is 14.5. The third kappa shape index (κ3) is 13.6. The molecule has 0 saturated carbocycles. The lowest BCUT2D eigenvalue weighted by atomic mass is 10.1. The zero-order chi connectivity index (χ0) is 15.6. The van der Waals surface area contributed by atoms with Gasteiger partial charge in [-0.15, -0.1) is 6.58 Å². The molecule has 1 heteroatoms. The van der Waals surface area contributed by atoms with Crippen LogP contribution in [-0.2, 0) is 4.74 Å². The highest BCUT2D eigenvalue weighted by Crippen LogP contribution is 2.13. The first kappa shape index (κ1) is 19.2. The van der Waals surface area contributed by atoms with E-state index in [4.69, 9.17) is 4.74 Å². The quantitative estimate of drug-likeness (QED) is 0.455. The second kappa shape index (κ2) is 9.99. The minimum absolute atomic E-state index is 0.0249. The Labute approximate surface area is 126 Å². The van der Waals surface area contributed by atoms with Crippen molar-refractivity contribution in [1.82, 2.24) is 0 Å². The highest BCUT2D eigenvalue weighted by molar-refractivity contribution is 5.04. The van der Waals surface area contributed by atoms with Gasteiger partial charge in [-0.05, 0) is 73.6 Å². The summed E-state index contributed by atoms with van der Waals surface area (Å²) < 4.78 is 5.74. The van der Waals surface area contributed by atoms with Crippen molar-refractivity contribution in [2.75, 3.05) is 6.61 Å². The number of rotatable bonds is 9. The van der Waals surface area contributed by atoms with E-state index in [1.54, 1.807) is 0 Å². The van der Waals surface area contributed by atoms with Crippen molar-refractivity contribution in [1.29, 1.82) is 0 Å². The molecule has 0 spiro atoms. The Morgan fingerprint density at radius 3 is 1.90 bits per heavy atom. The van der Waals surface area contributed by atoms with Crippen molar-refractivity contribution in [3.8, 4) is 0 Å². The first-order chi connectivity index (χ1) is 9.20. The van der Waals surface area contributed by atoms with Gasteiger partial charge in [0.2, 0.25) is 0 Å². The minimum atomic E-state index is -0.0249. The van der Waals surface area contributed by atoms with Crippen molar-refractivity contribution < 1.29 is 4.74 Å². The van der Waals surface area contributed by atoms with E-state index in [1.165, 1.54) is 16.7 Å². The second-order valence-corrected chi connectivity index (χ2v) is 6.85. The Kier molecular flexibility index (Phi) is 9.58. The summed E-state index contributed by atoms with van der Waals surface area (Å²) in [4.78, 5) is 0. The van der Waals surface area contributed by atoms with Crippen molar-refractivity contribution in [3.63, 3.8) is 0 Å². The van der Waals surface area contributed by atoms with E-state index in [0.717, 1.165) is 38.7 Å². The summed E-state index contributed by atoms with van der Waals surface area (Å²) in [5.41, 5.74) is 4.16. The summed E-state index contributed by atoms with van der Waals surface area (Å²) in [5, 5.41) is 0. The van der Waals surface area contributed by atoms with E-state index >= 15 is 0 Å². The van der Waals surface area contributed by atoms with Crippen LogP contribution < -0.4 is 0 Å². The molecule has 0 fully saturated rings. The lowest BCUT2D eigenvalue weighted by Crippen LogP contribution is -2.19. The third-order valence-electron chi connectivity index (χ3n) is 3.13. The third-order valence-corrected chi connectivity index (χ3v) is 3.13. The summed E-state index contributed by atoms with van der Waals surface area (Å²) in [6.07, 6.45) is 10.3. The Balaban J connectivity index is 3.84. The maximum atomic E-state index is 5.74. The van der Waals surface area contributed by atoms with Gasteiger partial charge in [-0.25, -0.2) is 0 Å². The van der Waals surface area contributed by atoms with Gasteiger partial charge in [-0.2, -0.15) is 0 Å². The van der Waals surface area contributed by atoms with Crippen LogP contribution in [0.1, 0.15) is 73.6 Å². The molecule has 0 saturated heterocycles. The number of ether oxygens (including phenoxy) is 1. The zero-order valence-corrected chi connectivity index (χ0v) is 14.5. The molecule has 0 aliphatic carbocycles. The predicted octanol–water partition coefficient (Wildman–Crippen LogP) is 6.22. The molecule has 0 amide bonds. The molecule has 116 valence electrons. The molecule has 0 atom stereocenters. The largest absolute Gasteiger partial charge is 0.376 e. The molecule has 0 radical (unpaired) electrons. The maximum Gasteiger partial charge on any atom is 0.0598 e. The summed E-state index contributed by atoms with van der Waals surface area (Å²) in [6, 6.07) is 0. The molecule has 0 aliphatic rings. The fourth-order valence-corrected chi connectivity index (χ4v) is 1.83. The van der Waals surface area contributed by atoms with Gasteiger partial charge >= 0.3 is 0 Å². The summed E-state index contributed by atoms with van der Waals surface area (Å²) in [5.74, 6) is 0. The molecule has 0 heterocycles. The van der Waals surface area contributed by atoms with Crippen LogP contribution in [0.5, 0.6) is 0 Å². The normalized spacial score (nSPS) is 13.7. The Morgan fingerprint density at radius 1 is 0.900 bits per heavy atom. The van der Waals surface area contributed by atoms with E-state index in [0.29, 0.717) is 0 Å². The molecule has 0 aromatic heterocycles. The van der Waals surface area contributed by atoms with Crippen LogP contribution in [0.25, 0.3) is 0 Å². The molecule has 0 unspecified atom stereocenters. The van der Waals surface area contributed by atoms with Gasteiger partial charge in [0.1, 0.15) is 0 Å². The molecular weight excluding hydrogens is 244 g/mol. The van der Waals surface area contributed by atoms with E-state index in [-0.39, 0.29) is 5.60 Å². The van der Waals surface area contributed by atoms with Crippen molar-refractivity contribution in [2.24, 2.45) is 0 Å². The Bertz CT molecular complexity index is 339. The van der Waals surface area contributed by atoms with Crippen LogP contribution in [0.3, 0.4) is 0 Å². The molecule has 0 aromatic rings. The van der Waals surface area contributed by atoms with Crippen LogP contribution >= 0.6 is 0 Å². The average Bonchev–Trinajstić information content (AvgIpc) is 2.26. The first-order valence-corrected chi connectivity index (χ1v) is 7.80. The molecule has 1 nitrogen and oxygen atoms in total. The van der Waals surface area contributed by atoms with Crippen LogP contribution in [0.4, 0.5) is 0 Å². The minimum Gasteiger partial charge on any atom is -0.376 e. The van der Waals surface area contributed by atoms with E-state index in [9.17, 15) is 0 Å². The van der Waals surface area contributed by atoms with Crippen LogP contribution in [0.2, 0.25) is 0 Å². The number of hydrogen-bond acceptors (Lipinski definition) is 1. The monoisotopic (exact) mass is 278 g/mol. The Morgan fingerprint density at radius 2 is 1.40 bits per heavy atom. The van der Waals surface area contributed by atoms with Gasteiger partial charge in [0, 0.05) is 0 Å². The number of allylic oxidation sites excluding steroid dienone is 4. The van der Waals surface area contributed by atoms with Crippen LogP contribution in [-0.4, -0.2) is 12.2 Å². The molecular formula is C19H34O. The summed E-state index contributed by atoms with van der Waals surface area (Å²) in [6.45, 7) is 17.6. The molecule has 20 heavy (non-hydrogen) atoms. The van der Waals surface area contributed by atoms with Crippen LogP contribution in [0, 0.1) is 0 Å². The van der Waals surface area contributed by atoms with Crippen LogP contribution in [0.15, 0.2) is 35.5 Å². The summed E-state index contributed by atoms with van der Waals surface area (Å²) in [7, 11) is 0. The standard InChI is InChI=1S/C19H34O/c1-16(2)10-8-11-17(3)12-9-13-18(4)14-15-20-19(5,6)7/h11,13H,1,8-10,12,14-15H2,2-7H3/b17-11+,18-13+. The van der Waals surface area contributed by atoms with Crippen molar-refractivity contribution >= 4 is 0 Å².